The number of nitrogens with one attached hydrogen (secondary N) is 2. The van der Waals surface area contributed by atoms with E-state index >= 15 is 0 Å². The fourth-order valence-corrected chi connectivity index (χ4v) is 3.52. The normalized spacial score (nSPS) is 11.7. The Morgan fingerprint density at radius 2 is 1.63 bits per heavy atom. The molecular formula is C18H24N3O5S+. The van der Waals surface area contributed by atoms with E-state index in [1.54, 1.807) is 13.2 Å². The van der Waals surface area contributed by atoms with Gasteiger partial charge >= 0.3 is 16.0 Å². The van der Waals surface area contributed by atoms with Gasteiger partial charge in [0, 0.05) is 12.5 Å². The van der Waals surface area contributed by atoms with Crippen LogP contribution in [0.5, 0.6) is 17.2 Å². The van der Waals surface area contributed by atoms with Crippen LogP contribution in [-0.2, 0) is 16.4 Å². The highest BCUT2D eigenvalue weighted by Crippen LogP contribution is 2.27. The van der Waals surface area contributed by atoms with Crippen LogP contribution in [0.1, 0.15) is 5.56 Å². The Morgan fingerprint density at radius 1 is 1.00 bits per heavy atom. The van der Waals surface area contributed by atoms with E-state index < -0.39 is 10.0 Å². The van der Waals surface area contributed by atoms with Crippen LogP contribution < -0.4 is 29.7 Å². The van der Waals surface area contributed by atoms with Crippen molar-refractivity contribution in [1.29, 1.82) is 0 Å². The zero-order chi connectivity index (χ0) is 19.9. The summed E-state index contributed by atoms with van der Waals surface area (Å²) in [6.07, 6.45) is 0.662. The van der Waals surface area contributed by atoms with Gasteiger partial charge in [0.2, 0.25) is 0 Å². The minimum absolute atomic E-state index is 0.0655. The van der Waals surface area contributed by atoms with Crippen molar-refractivity contribution in [1.82, 2.24) is 4.72 Å². The van der Waals surface area contributed by atoms with Gasteiger partial charge in [0.05, 0.1) is 27.9 Å². The number of rotatable bonds is 8. The van der Waals surface area contributed by atoms with Crippen LogP contribution in [0.15, 0.2) is 47.4 Å². The molecule has 0 aliphatic heterocycles. The highest BCUT2D eigenvalue weighted by molar-refractivity contribution is 7.90. The van der Waals surface area contributed by atoms with E-state index in [1.165, 1.54) is 26.4 Å². The SMILES string of the molecule is COc1ccc(CC[NH+]=C(N)NS(=O)(=O)c2cc(OC)ccc2OC)cc1. The molecule has 0 saturated carbocycles. The maximum atomic E-state index is 12.6. The lowest BCUT2D eigenvalue weighted by Crippen LogP contribution is -2.79. The number of nitrogens with two attached hydrogens (primary N) is 1. The van der Waals surface area contributed by atoms with Crippen molar-refractivity contribution in [2.75, 3.05) is 27.9 Å². The Morgan fingerprint density at radius 3 is 2.22 bits per heavy atom. The number of sulfonamides is 1. The van der Waals surface area contributed by atoms with Gasteiger partial charge in [-0.25, -0.2) is 0 Å². The third kappa shape index (κ3) is 5.52. The summed E-state index contributed by atoms with van der Waals surface area (Å²) in [5.74, 6) is 1.28. The number of guanidine groups is 1. The minimum atomic E-state index is -3.93. The Bertz CT molecular complexity index is 896. The largest absolute Gasteiger partial charge is 0.497 e. The number of hydrogen-bond acceptors (Lipinski definition) is 5. The number of benzene rings is 2. The lowest BCUT2D eigenvalue weighted by atomic mass is 10.1. The smallest absolute Gasteiger partial charge is 0.356 e. The van der Waals surface area contributed by atoms with Crippen molar-refractivity contribution >= 4 is 16.0 Å². The molecule has 9 heteroatoms. The van der Waals surface area contributed by atoms with Gasteiger partial charge in [-0.05, 0) is 29.8 Å². The highest BCUT2D eigenvalue weighted by Gasteiger charge is 2.24. The number of hydrogen-bond donors (Lipinski definition) is 3. The van der Waals surface area contributed by atoms with E-state index in [4.69, 9.17) is 19.9 Å². The van der Waals surface area contributed by atoms with E-state index in [1.807, 2.05) is 24.3 Å². The Kier molecular flexibility index (Phi) is 6.89. The van der Waals surface area contributed by atoms with Crippen molar-refractivity contribution < 1.29 is 27.6 Å². The molecule has 8 nitrogen and oxygen atoms in total. The van der Waals surface area contributed by atoms with Gasteiger partial charge in [-0.1, -0.05) is 12.1 Å². The summed E-state index contributed by atoms with van der Waals surface area (Å²) in [5, 5.41) is 0. The molecule has 2 aromatic rings. The molecule has 4 N–H and O–H groups in total. The average Bonchev–Trinajstić information content (AvgIpc) is 2.67. The summed E-state index contributed by atoms with van der Waals surface area (Å²) in [6, 6.07) is 12.1. The van der Waals surface area contributed by atoms with Crippen molar-refractivity contribution in [3.8, 4) is 17.2 Å². The molecule has 0 unspecified atom stereocenters. The summed E-state index contributed by atoms with van der Waals surface area (Å²) in [5.41, 5.74) is 6.86. The lowest BCUT2D eigenvalue weighted by molar-refractivity contribution is -0.459. The third-order valence-electron chi connectivity index (χ3n) is 3.79. The van der Waals surface area contributed by atoms with Crippen LogP contribution in [0, 0.1) is 0 Å². The second-order valence-electron chi connectivity index (χ2n) is 5.56. The van der Waals surface area contributed by atoms with Crippen LogP contribution >= 0.6 is 0 Å². The first-order valence-corrected chi connectivity index (χ1v) is 9.62. The molecule has 0 aliphatic carbocycles. The first-order valence-electron chi connectivity index (χ1n) is 8.13. The van der Waals surface area contributed by atoms with Gasteiger partial charge in [0.25, 0.3) is 0 Å². The van der Waals surface area contributed by atoms with E-state index in [0.717, 1.165) is 11.3 Å². The van der Waals surface area contributed by atoms with Crippen LogP contribution in [0.25, 0.3) is 0 Å². The average molecular weight is 394 g/mol. The van der Waals surface area contributed by atoms with E-state index in [0.29, 0.717) is 18.7 Å². The topological polar surface area (TPSA) is 114 Å². The molecule has 2 aromatic carbocycles. The molecule has 0 heterocycles. The Labute approximate surface area is 159 Å². The van der Waals surface area contributed by atoms with Crippen molar-refractivity contribution in [2.24, 2.45) is 5.73 Å². The van der Waals surface area contributed by atoms with E-state index in [9.17, 15) is 8.42 Å². The fraction of sp³-hybridized carbons (Fsp3) is 0.278. The van der Waals surface area contributed by atoms with Gasteiger partial charge in [-0.3, -0.25) is 10.7 Å². The predicted octanol–water partition coefficient (Wildman–Crippen LogP) is -0.371. The Hall–Kier alpha value is -2.94. The summed E-state index contributed by atoms with van der Waals surface area (Å²) in [4.78, 5) is 2.79. The van der Waals surface area contributed by atoms with Crippen molar-refractivity contribution in [3.05, 3.63) is 48.0 Å². The summed E-state index contributed by atoms with van der Waals surface area (Å²) in [6.45, 7) is 0.454. The van der Waals surface area contributed by atoms with Crippen LogP contribution in [-0.4, -0.2) is 42.3 Å². The zero-order valence-corrected chi connectivity index (χ0v) is 16.3. The highest BCUT2D eigenvalue weighted by atomic mass is 32.2. The van der Waals surface area contributed by atoms with Crippen molar-refractivity contribution in [2.45, 2.75) is 11.3 Å². The van der Waals surface area contributed by atoms with Gasteiger partial charge in [0.15, 0.2) is 0 Å². The summed E-state index contributed by atoms with van der Waals surface area (Å²) >= 11 is 0. The summed E-state index contributed by atoms with van der Waals surface area (Å²) in [7, 11) is 0.513. The molecule has 27 heavy (non-hydrogen) atoms. The maximum Gasteiger partial charge on any atom is 0.356 e. The van der Waals surface area contributed by atoms with E-state index in [2.05, 4.69) is 9.71 Å². The molecule has 0 aromatic heterocycles. The molecule has 0 amide bonds. The zero-order valence-electron chi connectivity index (χ0n) is 15.5. The van der Waals surface area contributed by atoms with E-state index in [-0.39, 0.29) is 16.6 Å². The monoisotopic (exact) mass is 394 g/mol. The van der Waals surface area contributed by atoms with Crippen LogP contribution in [0.2, 0.25) is 0 Å². The predicted molar refractivity (Wildman–Crippen MR) is 102 cm³/mol. The minimum Gasteiger partial charge on any atom is -0.497 e. The molecule has 0 fully saturated rings. The van der Waals surface area contributed by atoms with Gasteiger partial charge in [-0.15, -0.1) is 0 Å². The molecule has 2 rings (SSSR count). The second-order valence-corrected chi connectivity index (χ2v) is 7.21. The molecule has 0 bridgehead atoms. The van der Waals surface area contributed by atoms with Crippen LogP contribution in [0.3, 0.4) is 0 Å². The molecule has 0 spiro atoms. The van der Waals surface area contributed by atoms with Crippen molar-refractivity contribution in [3.63, 3.8) is 0 Å². The van der Waals surface area contributed by atoms with Crippen LogP contribution in [0.4, 0.5) is 0 Å². The molecule has 0 radical (unpaired) electrons. The first-order chi connectivity index (χ1) is 12.9. The van der Waals surface area contributed by atoms with Gasteiger partial charge in [0.1, 0.15) is 22.1 Å². The quantitative estimate of drug-likeness (QED) is 0.416. The first kappa shape index (κ1) is 20.4. The second kappa shape index (κ2) is 9.13. The number of methoxy groups -OCH3 is 3. The molecule has 0 saturated heterocycles. The molecule has 146 valence electrons. The molecular weight excluding hydrogens is 370 g/mol. The molecule has 0 atom stereocenters. The molecule has 0 aliphatic rings. The maximum absolute atomic E-state index is 12.6. The Balaban J connectivity index is 2.06. The lowest BCUT2D eigenvalue weighted by Gasteiger charge is -2.09. The third-order valence-corrected chi connectivity index (χ3v) is 5.18. The van der Waals surface area contributed by atoms with Gasteiger partial charge < -0.3 is 14.2 Å². The van der Waals surface area contributed by atoms with Gasteiger partial charge in [-0.2, -0.15) is 13.1 Å². The number of ether oxygens (including phenoxy) is 3. The summed E-state index contributed by atoms with van der Waals surface area (Å²) < 4.78 is 42.8. The fourth-order valence-electron chi connectivity index (χ4n) is 2.36. The standard InChI is InChI=1S/C18H23N3O5S/c1-24-14-6-4-13(5-7-14)10-11-20-18(19)21-27(22,23)17-12-15(25-2)8-9-16(17)26-3/h4-9,12H,10-11H2,1-3H3,(H3,19,20,21)/p+1.